The number of hydrogen-bond donors (Lipinski definition) is 2. The fraction of sp³-hybridized carbons (Fsp3) is 0.818. The molecule has 5 nitrogen and oxygen atoms in total. The lowest BCUT2D eigenvalue weighted by molar-refractivity contribution is 0.182. The van der Waals surface area contributed by atoms with Crippen molar-refractivity contribution in [2.75, 3.05) is 13.1 Å². The number of amides is 2. The summed E-state index contributed by atoms with van der Waals surface area (Å²) in [6.07, 6.45) is 3.35. The van der Waals surface area contributed by atoms with E-state index in [1.165, 1.54) is 0 Å². The Balaban J connectivity index is 2.31. The molecular formula is C11H20N4O. The van der Waals surface area contributed by atoms with Crippen molar-refractivity contribution in [3.63, 3.8) is 0 Å². The molecular weight excluding hydrogens is 204 g/mol. The third kappa shape index (κ3) is 3.70. The number of hydrogen-bond acceptors (Lipinski definition) is 3. The Bertz CT molecular complexity index is 266. The van der Waals surface area contributed by atoms with Crippen molar-refractivity contribution in [1.82, 2.24) is 10.2 Å². The highest BCUT2D eigenvalue weighted by Crippen LogP contribution is 2.12. The summed E-state index contributed by atoms with van der Waals surface area (Å²) in [5, 5.41) is 12.1. The molecule has 0 aliphatic carbocycles. The number of nitrogens with two attached hydrogens (primary N) is 1. The molecule has 0 aromatic carbocycles. The van der Waals surface area contributed by atoms with Crippen LogP contribution in [0.15, 0.2) is 0 Å². The van der Waals surface area contributed by atoms with Crippen molar-refractivity contribution in [2.45, 2.75) is 44.7 Å². The van der Waals surface area contributed by atoms with Crippen LogP contribution in [0.4, 0.5) is 4.79 Å². The van der Waals surface area contributed by atoms with Gasteiger partial charge in [0.2, 0.25) is 0 Å². The predicted molar refractivity (Wildman–Crippen MR) is 61.6 cm³/mol. The van der Waals surface area contributed by atoms with Gasteiger partial charge in [-0.3, -0.25) is 0 Å². The molecule has 1 fully saturated rings. The molecule has 2 amide bonds. The fourth-order valence-corrected chi connectivity index (χ4v) is 2.03. The van der Waals surface area contributed by atoms with Crippen molar-refractivity contribution < 1.29 is 4.79 Å². The summed E-state index contributed by atoms with van der Waals surface area (Å²) in [5.74, 6) is 0. The Morgan fingerprint density at radius 2 is 2.25 bits per heavy atom. The average Bonchev–Trinajstić information content (AvgIpc) is 2.29. The second-order valence-electron chi connectivity index (χ2n) is 4.23. The van der Waals surface area contributed by atoms with Crippen LogP contribution in [0.25, 0.3) is 0 Å². The van der Waals surface area contributed by atoms with Gasteiger partial charge >= 0.3 is 6.03 Å². The number of carbonyl (C=O) groups is 1. The van der Waals surface area contributed by atoms with Crippen molar-refractivity contribution in [3.05, 3.63) is 0 Å². The molecule has 3 N–H and O–H groups in total. The summed E-state index contributed by atoms with van der Waals surface area (Å²) < 4.78 is 0. The summed E-state index contributed by atoms with van der Waals surface area (Å²) >= 11 is 0. The SMILES string of the molecule is CCC(CC#N)NC1CCN(C(N)=O)CC1. The topological polar surface area (TPSA) is 82.2 Å². The van der Waals surface area contributed by atoms with Crippen LogP contribution < -0.4 is 11.1 Å². The Morgan fingerprint density at radius 1 is 1.62 bits per heavy atom. The highest BCUT2D eigenvalue weighted by Gasteiger charge is 2.22. The molecule has 0 aromatic heterocycles. The lowest BCUT2D eigenvalue weighted by Gasteiger charge is -2.33. The van der Waals surface area contributed by atoms with Gasteiger partial charge < -0.3 is 16.0 Å². The molecule has 1 unspecified atom stereocenters. The van der Waals surface area contributed by atoms with E-state index in [0.717, 1.165) is 32.4 Å². The van der Waals surface area contributed by atoms with Crippen LogP contribution in [0.2, 0.25) is 0 Å². The van der Waals surface area contributed by atoms with E-state index in [-0.39, 0.29) is 12.1 Å². The van der Waals surface area contributed by atoms with Crippen molar-refractivity contribution in [1.29, 1.82) is 5.26 Å². The molecule has 0 saturated carbocycles. The predicted octanol–water partition coefficient (Wildman–Crippen LogP) is 0.811. The number of likely N-dealkylation sites (tertiary alicyclic amines) is 1. The first-order chi connectivity index (χ1) is 7.67. The second kappa shape index (κ2) is 6.33. The van der Waals surface area contributed by atoms with E-state index in [1.807, 2.05) is 0 Å². The van der Waals surface area contributed by atoms with E-state index < -0.39 is 0 Å². The number of carbonyl (C=O) groups excluding carboxylic acids is 1. The van der Waals surface area contributed by atoms with Crippen LogP contribution in [0.5, 0.6) is 0 Å². The molecule has 1 atom stereocenters. The summed E-state index contributed by atoms with van der Waals surface area (Å²) in [7, 11) is 0. The summed E-state index contributed by atoms with van der Waals surface area (Å²) in [4.78, 5) is 12.6. The maximum atomic E-state index is 10.9. The van der Waals surface area contributed by atoms with Gasteiger partial charge in [-0.25, -0.2) is 4.79 Å². The van der Waals surface area contributed by atoms with Gasteiger partial charge in [0, 0.05) is 25.2 Å². The van der Waals surface area contributed by atoms with Crippen molar-refractivity contribution in [3.8, 4) is 6.07 Å². The summed E-state index contributed by atoms with van der Waals surface area (Å²) in [6, 6.07) is 2.54. The average molecular weight is 224 g/mol. The lowest BCUT2D eigenvalue weighted by Crippen LogP contribution is -2.49. The Hall–Kier alpha value is -1.28. The van der Waals surface area contributed by atoms with E-state index in [9.17, 15) is 4.79 Å². The number of rotatable bonds is 4. The van der Waals surface area contributed by atoms with Crippen molar-refractivity contribution in [2.24, 2.45) is 5.73 Å². The van der Waals surface area contributed by atoms with Crippen LogP contribution in [-0.4, -0.2) is 36.1 Å². The van der Waals surface area contributed by atoms with Gasteiger partial charge in [-0.2, -0.15) is 5.26 Å². The quantitative estimate of drug-likeness (QED) is 0.741. The smallest absolute Gasteiger partial charge is 0.314 e. The molecule has 0 radical (unpaired) electrons. The first kappa shape index (κ1) is 12.8. The van der Waals surface area contributed by atoms with E-state index >= 15 is 0 Å². The number of primary amides is 1. The van der Waals surface area contributed by atoms with Gasteiger partial charge in [0.05, 0.1) is 12.5 Å². The maximum absolute atomic E-state index is 10.9. The third-order valence-electron chi connectivity index (χ3n) is 3.11. The minimum atomic E-state index is -0.331. The van der Waals surface area contributed by atoms with Gasteiger partial charge in [-0.15, -0.1) is 0 Å². The van der Waals surface area contributed by atoms with Crippen LogP contribution in [0, 0.1) is 11.3 Å². The Kier molecular flexibility index (Phi) is 5.06. The largest absolute Gasteiger partial charge is 0.351 e. The summed E-state index contributed by atoms with van der Waals surface area (Å²) in [6.45, 7) is 3.51. The molecule has 0 aromatic rings. The minimum Gasteiger partial charge on any atom is -0.351 e. The highest BCUT2D eigenvalue weighted by atomic mass is 16.2. The van der Waals surface area contributed by atoms with Crippen LogP contribution in [-0.2, 0) is 0 Å². The van der Waals surface area contributed by atoms with Gasteiger partial charge in [0.15, 0.2) is 0 Å². The van der Waals surface area contributed by atoms with E-state index in [0.29, 0.717) is 12.5 Å². The fourth-order valence-electron chi connectivity index (χ4n) is 2.03. The maximum Gasteiger partial charge on any atom is 0.314 e. The van der Waals surface area contributed by atoms with Crippen LogP contribution in [0.1, 0.15) is 32.6 Å². The zero-order valence-corrected chi connectivity index (χ0v) is 9.78. The van der Waals surface area contributed by atoms with Crippen LogP contribution in [0.3, 0.4) is 0 Å². The zero-order valence-electron chi connectivity index (χ0n) is 9.78. The number of nitriles is 1. The number of nitrogens with one attached hydrogen (secondary N) is 1. The number of piperidine rings is 1. The number of nitrogens with zero attached hydrogens (tertiary/aromatic N) is 2. The molecule has 90 valence electrons. The van der Waals surface area contributed by atoms with E-state index in [4.69, 9.17) is 11.0 Å². The second-order valence-corrected chi connectivity index (χ2v) is 4.23. The molecule has 1 aliphatic rings. The standard InChI is InChI=1S/C11H20N4O/c1-2-9(3-6-12)14-10-4-7-15(8-5-10)11(13)16/h9-10,14H,2-5,7-8H2,1H3,(H2,13,16). The molecule has 1 heterocycles. The van der Waals surface area contributed by atoms with E-state index in [1.54, 1.807) is 4.90 Å². The van der Waals surface area contributed by atoms with Gasteiger partial charge in [-0.05, 0) is 19.3 Å². The monoisotopic (exact) mass is 224 g/mol. The molecule has 1 aliphatic heterocycles. The van der Waals surface area contributed by atoms with Crippen molar-refractivity contribution >= 4 is 6.03 Å². The molecule has 0 spiro atoms. The zero-order chi connectivity index (χ0) is 12.0. The minimum absolute atomic E-state index is 0.273. The van der Waals surface area contributed by atoms with Gasteiger partial charge in [-0.1, -0.05) is 6.92 Å². The van der Waals surface area contributed by atoms with E-state index in [2.05, 4.69) is 18.3 Å². The van der Waals surface area contributed by atoms with Gasteiger partial charge in [0.25, 0.3) is 0 Å². The molecule has 5 heteroatoms. The highest BCUT2D eigenvalue weighted by molar-refractivity contribution is 5.72. The molecule has 1 rings (SSSR count). The summed E-state index contributed by atoms with van der Waals surface area (Å²) in [5.41, 5.74) is 5.21. The molecule has 1 saturated heterocycles. The third-order valence-corrected chi connectivity index (χ3v) is 3.11. The Labute approximate surface area is 96.6 Å². The number of urea groups is 1. The normalized spacial score (nSPS) is 19.1. The molecule has 0 bridgehead atoms. The Morgan fingerprint density at radius 3 is 2.69 bits per heavy atom. The first-order valence-corrected chi connectivity index (χ1v) is 5.84. The lowest BCUT2D eigenvalue weighted by atomic mass is 10.0. The first-order valence-electron chi connectivity index (χ1n) is 5.84. The molecule has 16 heavy (non-hydrogen) atoms. The van der Waals surface area contributed by atoms with Crippen LogP contribution >= 0.6 is 0 Å². The van der Waals surface area contributed by atoms with Gasteiger partial charge in [0.1, 0.15) is 0 Å².